The average molecular weight is 322 g/mol. The number of carbonyl (C=O) groups is 2. The summed E-state index contributed by atoms with van der Waals surface area (Å²) in [6.07, 6.45) is 2.41. The smallest absolute Gasteiger partial charge is 0.337 e. The van der Waals surface area contributed by atoms with Gasteiger partial charge >= 0.3 is 5.97 Å². The third-order valence-electron chi connectivity index (χ3n) is 4.08. The Morgan fingerprint density at radius 3 is 2.50 bits per heavy atom. The van der Waals surface area contributed by atoms with Crippen LogP contribution in [0.25, 0.3) is 0 Å². The summed E-state index contributed by atoms with van der Waals surface area (Å²) in [5, 5.41) is 3.98. The lowest BCUT2D eigenvalue weighted by atomic mass is 10.1. The van der Waals surface area contributed by atoms with Crippen molar-refractivity contribution in [1.29, 1.82) is 0 Å². The van der Waals surface area contributed by atoms with Gasteiger partial charge in [-0.1, -0.05) is 42.5 Å². The molecule has 5 nitrogen and oxygen atoms in total. The molecule has 0 aromatic heterocycles. The van der Waals surface area contributed by atoms with E-state index in [0.29, 0.717) is 11.5 Å². The highest BCUT2D eigenvalue weighted by Gasteiger charge is 2.43. The highest BCUT2D eigenvalue weighted by Crippen LogP contribution is 2.47. The predicted molar refractivity (Wildman–Crippen MR) is 90.8 cm³/mol. The van der Waals surface area contributed by atoms with Gasteiger partial charge in [0.1, 0.15) is 0 Å². The van der Waals surface area contributed by atoms with Crippen LogP contribution in [0.2, 0.25) is 0 Å². The number of hydrogen-bond donors (Lipinski definition) is 1. The molecular formula is C19H18N2O3. The highest BCUT2D eigenvalue weighted by molar-refractivity contribution is 5.91. The SMILES string of the molecule is COC(=O)c1ccc(/C=N\NC(=O)[C@H]2C[C@@H]2c2ccccc2)cc1. The van der Waals surface area contributed by atoms with Crippen LogP contribution in [0.15, 0.2) is 59.7 Å². The molecule has 2 aromatic rings. The predicted octanol–water partition coefficient (Wildman–Crippen LogP) is 2.73. The largest absolute Gasteiger partial charge is 0.465 e. The van der Waals surface area contributed by atoms with E-state index in [4.69, 9.17) is 0 Å². The van der Waals surface area contributed by atoms with Gasteiger partial charge in [-0.3, -0.25) is 4.79 Å². The molecule has 2 atom stereocenters. The number of hydrazone groups is 1. The first kappa shape index (κ1) is 15.9. The van der Waals surface area contributed by atoms with Crippen LogP contribution in [0.5, 0.6) is 0 Å². The maximum Gasteiger partial charge on any atom is 0.337 e. The van der Waals surface area contributed by atoms with Crippen molar-refractivity contribution in [2.45, 2.75) is 12.3 Å². The number of amides is 1. The van der Waals surface area contributed by atoms with E-state index in [1.54, 1.807) is 30.5 Å². The minimum Gasteiger partial charge on any atom is -0.465 e. The van der Waals surface area contributed by atoms with Crippen LogP contribution in [0.4, 0.5) is 0 Å². The van der Waals surface area contributed by atoms with Gasteiger partial charge in [0.05, 0.1) is 18.9 Å². The topological polar surface area (TPSA) is 67.8 Å². The van der Waals surface area contributed by atoms with Crippen LogP contribution < -0.4 is 5.43 Å². The van der Waals surface area contributed by atoms with Gasteiger partial charge in [0.25, 0.3) is 0 Å². The molecule has 1 amide bonds. The summed E-state index contributed by atoms with van der Waals surface area (Å²) in [6, 6.07) is 16.8. The minimum atomic E-state index is -0.382. The Bertz CT molecular complexity index is 754. The fourth-order valence-corrected chi connectivity index (χ4v) is 2.63. The van der Waals surface area contributed by atoms with E-state index in [2.05, 4.69) is 15.3 Å². The van der Waals surface area contributed by atoms with Crippen molar-refractivity contribution in [1.82, 2.24) is 5.43 Å². The molecular weight excluding hydrogens is 304 g/mol. The van der Waals surface area contributed by atoms with Gasteiger partial charge in [-0.15, -0.1) is 0 Å². The molecule has 0 saturated heterocycles. The van der Waals surface area contributed by atoms with Crippen LogP contribution in [0.3, 0.4) is 0 Å². The van der Waals surface area contributed by atoms with E-state index in [1.807, 2.05) is 30.3 Å². The summed E-state index contributed by atoms with van der Waals surface area (Å²) in [6.45, 7) is 0. The van der Waals surface area contributed by atoms with Gasteiger partial charge in [0.15, 0.2) is 0 Å². The number of nitrogens with zero attached hydrogens (tertiary/aromatic N) is 1. The molecule has 1 N–H and O–H groups in total. The van der Waals surface area contributed by atoms with E-state index in [-0.39, 0.29) is 17.8 Å². The molecule has 5 heteroatoms. The fraction of sp³-hybridized carbons (Fsp3) is 0.211. The Labute approximate surface area is 140 Å². The van der Waals surface area contributed by atoms with Gasteiger partial charge in [-0.2, -0.15) is 5.10 Å². The zero-order chi connectivity index (χ0) is 16.9. The van der Waals surface area contributed by atoms with Crippen molar-refractivity contribution in [2.75, 3.05) is 7.11 Å². The lowest BCUT2D eigenvalue weighted by molar-refractivity contribution is -0.122. The van der Waals surface area contributed by atoms with Gasteiger partial charge < -0.3 is 4.74 Å². The van der Waals surface area contributed by atoms with E-state index < -0.39 is 0 Å². The van der Waals surface area contributed by atoms with Crippen molar-refractivity contribution in [3.63, 3.8) is 0 Å². The van der Waals surface area contributed by atoms with Gasteiger partial charge in [-0.25, -0.2) is 10.2 Å². The van der Waals surface area contributed by atoms with Crippen LogP contribution in [-0.2, 0) is 9.53 Å². The third-order valence-corrected chi connectivity index (χ3v) is 4.08. The lowest BCUT2D eigenvalue weighted by Crippen LogP contribution is -2.20. The molecule has 1 aliphatic rings. The molecule has 0 bridgehead atoms. The summed E-state index contributed by atoms with van der Waals surface area (Å²) >= 11 is 0. The quantitative estimate of drug-likeness (QED) is 0.523. The Hall–Kier alpha value is -2.95. The van der Waals surface area contributed by atoms with E-state index >= 15 is 0 Å². The summed E-state index contributed by atoms with van der Waals surface area (Å²) in [4.78, 5) is 23.4. The van der Waals surface area contributed by atoms with Crippen molar-refractivity contribution >= 4 is 18.1 Å². The molecule has 0 spiro atoms. The zero-order valence-corrected chi connectivity index (χ0v) is 13.3. The second-order valence-corrected chi connectivity index (χ2v) is 5.71. The molecule has 0 unspecified atom stereocenters. The summed E-state index contributed by atoms with van der Waals surface area (Å²) < 4.78 is 4.64. The monoisotopic (exact) mass is 322 g/mol. The second-order valence-electron chi connectivity index (χ2n) is 5.71. The molecule has 0 heterocycles. The number of benzene rings is 2. The molecule has 1 fully saturated rings. The summed E-state index contributed by atoms with van der Waals surface area (Å²) in [5.74, 6) is -0.161. The number of hydrogen-bond acceptors (Lipinski definition) is 4. The van der Waals surface area contributed by atoms with Crippen molar-refractivity contribution in [3.8, 4) is 0 Å². The first-order valence-corrected chi connectivity index (χ1v) is 7.75. The number of methoxy groups -OCH3 is 1. The second kappa shape index (κ2) is 7.08. The van der Waals surface area contributed by atoms with Crippen LogP contribution in [0, 0.1) is 5.92 Å². The standard InChI is InChI=1S/C19H18N2O3/c1-24-19(23)15-9-7-13(8-10-15)12-20-21-18(22)17-11-16(17)14-5-3-2-4-6-14/h2-10,12,16-17H,11H2,1H3,(H,21,22)/b20-12-/t16-,17+/m1/s1. The van der Waals surface area contributed by atoms with Crippen LogP contribution in [-0.4, -0.2) is 25.2 Å². The average Bonchev–Trinajstić information content (AvgIpc) is 3.43. The normalized spacial score (nSPS) is 19.0. The van der Waals surface area contributed by atoms with Gasteiger partial charge in [0.2, 0.25) is 5.91 Å². The summed E-state index contributed by atoms with van der Waals surface area (Å²) in [7, 11) is 1.34. The molecule has 2 aromatic carbocycles. The lowest BCUT2D eigenvalue weighted by Gasteiger charge is -2.01. The van der Waals surface area contributed by atoms with Crippen LogP contribution in [0.1, 0.15) is 33.8 Å². The summed E-state index contributed by atoms with van der Waals surface area (Å²) in [5.41, 5.74) is 5.04. The number of ether oxygens (including phenoxy) is 1. The van der Waals surface area contributed by atoms with Crippen molar-refractivity contribution < 1.29 is 14.3 Å². The van der Waals surface area contributed by atoms with Crippen molar-refractivity contribution in [2.24, 2.45) is 11.0 Å². The van der Waals surface area contributed by atoms with E-state index in [1.165, 1.54) is 12.7 Å². The number of nitrogens with one attached hydrogen (secondary N) is 1. The molecule has 0 radical (unpaired) electrons. The number of carbonyl (C=O) groups excluding carboxylic acids is 2. The van der Waals surface area contributed by atoms with Gasteiger partial charge in [-0.05, 0) is 35.6 Å². The first-order valence-electron chi connectivity index (χ1n) is 7.75. The molecule has 1 aliphatic carbocycles. The minimum absolute atomic E-state index is 0.00810. The Morgan fingerprint density at radius 2 is 1.83 bits per heavy atom. The Kier molecular flexibility index (Phi) is 4.70. The Morgan fingerprint density at radius 1 is 1.12 bits per heavy atom. The first-order chi connectivity index (χ1) is 11.7. The number of esters is 1. The maximum absolute atomic E-state index is 12.1. The van der Waals surface area contributed by atoms with E-state index in [0.717, 1.165) is 12.0 Å². The highest BCUT2D eigenvalue weighted by atomic mass is 16.5. The number of rotatable bonds is 5. The van der Waals surface area contributed by atoms with Crippen molar-refractivity contribution in [3.05, 3.63) is 71.3 Å². The molecule has 24 heavy (non-hydrogen) atoms. The molecule has 0 aliphatic heterocycles. The fourth-order valence-electron chi connectivity index (χ4n) is 2.63. The molecule has 122 valence electrons. The molecule has 3 rings (SSSR count). The Balaban J connectivity index is 1.52. The zero-order valence-electron chi connectivity index (χ0n) is 13.3. The van der Waals surface area contributed by atoms with Gasteiger partial charge in [0, 0.05) is 5.92 Å². The molecule has 1 saturated carbocycles. The van der Waals surface area contributed by atoms with E-state index in [9.17, 15) is 9.59 Å². The maximum atomic E-state index is 12.1. The van der Waals surface area contributed by atoms with Crippen LogP contribution >= 0.6 is 0 Å². The third kappa shape index (κ3) is 3.68.